The third-order valence-electron chi connectivity index (χ3n) is 4.46. The molecule has 5 nitrogen and oxygen atoms in total. The van der Waals surface area contributed by atoms with Gasteiger partial charge in [-0.3, -0.25) is 4.79 Å². The number of carbonyl (C=O) groups is 1. The summed E-state index contributed by atoms with van der Waals surface area (Å²) in [5, 5.41) is 18.3. The molecule has 1 aliphatic carbocycles. The zero-order valence-electron chi connectivity index (χ0n) is 11.5. The summed E-state index contributed by atoms with van der Waals surface area (Å²) in [5.41, 5.74) is 2.92. The fourth-order valence-electron chi connectivity index (χ4n) is 2.99. The predicted molar refractivity (Wildman–Crippen MR) is 73.5 cm³/mol. The molecule has 20 heavy (non-hydrogen) atoms. The SMILES string of the molecule is CC(C(=O)O)C1CN(c2nc3c(cc2C#N)CCC3)C1. The first-order valence-corrected chi connectivity index (χ1v) is 7.00. The normalized spacial score (nSPS) is 19.1. The molecule has 1 saturated heterocycles. The van der Waals surface area contributed by atoms with Gasteiger partial charge < -0.3 is 10.0 Å². The maximum Gasteiger partial charge on any atom is 0.306 e. The molecule has 1 fully saturated rings. The summed E-state index contributed by atoms with van der Waals surface area (Å²) in [6.45, 7) is 3.09. The first-order chi connectivity index (χ1) is 9.60. The molecule has 0 amide bonds. The zero-order chi connectivity index (χ0) is 14.3. The van der Waals surface area contributed by atoms with Gasteiger partial charge in [0, 0.05) is 24.7 Å². The number of hydrogen-bond donors (Lipinski definition) is 1. The molecule has 2 heterocycles. The summed E-state index contributed by atoms with van der Waals surface area (Å²) in [5.74, 6) is -0.209. The lowest BCUT2D eigenvalue weighted by Gasteiger charge is -2.42. The van der Waals surface area contributed by atoms with Crippen LogP contribution in [0, 0.1) is 23.2 Å². The van der Waals surface area contributed by atoms with Gasteiger partial charge >= 0.3 is 5.97 Å². The average Bonchev–Trinajstić information content (AvgIpc) is 2.82. The van der Waals surface area contributed by atoms with E-state index in [1.54, 1.807) is 6.92 Å². The van der Waals surface area contributed by atoms with Gasteiger partial charge in [0.15, 0.2) is 0 Å². The van der Waals surface area contributed by atoms with Crippen LogP contribution in [-0.2, 0) is 17.6 Å². The van der Waals surface area contributed by atoms with Gasteiger partial charge in [-0.2, -0.15) is 5.26 Å². The van der Waals surface area contributed by atoms with Crippen molar-refractivity contribution in [3.05, 3.63) is 22.9 Å². The molecule has 1 unspecified atom stereocenters. The van der Waals surface area contributed by atoms with Crippen molar-refractivity contribution >= 4 is 11.8 Å². The number of carboxylic acid groups (broad SMARTS) is 1. The van der Waals surface area contributed by atoms with Crippen molar-refractivity contribution in [1.82, 2.24) is 4.98 Å². The number of aromatic nitrogens is 1. The zero-order valence-corrected chi connectivity index (χ0v) is 11.5. The van der Waals surface area contributed by atoms with Crippen molar-refractivity contribution in [3.8, 4) is 6.07 Å². The lowest BCUT2D eigenvalue weighted by Crippen LogP contribution is -2.51. The fourth-order valence-corrected chi connectivity index (χ4v) is 2.99. The lowest BCUT2D eigenvalue weighted by atomic mass is 9.87. The molecule has 1 N–H and O–H groups in total. The van der Waals surface area contributed by atoms with Gasteiger partial charge in [0.2, 0.25) is 0 Å². The first kappa shape index (κ1) is 12.9. The summed E-state index contributed by atoms with van der Waals surface area (Å²) in [6, 6.07) is 4.18. The first-order valence-electron chi connectivity index (χ1n) is 7.00. The van der Waals surface area contributed by atoms with Crippen LogP contribution in [0.4, 0.5) is 5.82 Å². The number of nitriles is 1. The van der Waals surface area contributed by atoms with Crippen LogP contribution in [0.2, 0.25) is 0 Å². The summed E-state index contributed by atoms with van der Waals surface area (Å²) in [6.07, 6.45) is 3.10. The summed E-state index contributed by atoms with van der Waals surface area (Å²) in [7, 11) is 0. The predicted octanol–water partition coefficient (Wildman–Crippen LogP) is 1.60. The number of pyridine rings is 1. The van der Waals surface area contributed by atoms with Gasteiger partial charge in [-0.1, -0.05) is 6.92 Å². The van der Waals surface area contributed by atoms with Crippen LogP contribution >= 0.6 is 0 Å². The van der Waals surface area contributed by atoms with E-state index in [0.717, 1.165) is 30.8 Å². The number of nitrogens with zero attached hydrogens (tertiary/aromatic N) is 3. The number of hydrogen-bond acceptors (Lipinski definition) is 4. The number of rotatable bonds is 3. The largest absolute Gasteiger partial charge is 0.481 e. The van der Waals surface area contributed by atoms with E-state index in [4.69, 9.17) is 5.11 Å². The Morgan fingerprint density at radius 3 is 2.95 bits per heavy atom. The fraction of sp³-hybridized carbons (Fsp3) is 0.533. The van der Waals surface area contributed by atoms with E-state index in [0.29, 0.717) is 18.7 Å². The van der Waals surface area contributed by atoms with Crippen LogP contribution in [0.3, 0.4) is 0 Å². The molecule has 0 aromatic carbocycles. The molecule has 1 aromatic rings. The summed E-state index contributed by atoms with van der Waals surface area (Å²) >= 11 is 0. The van der Waals surface area contributed by atoms with Crippen molar-refractivity contribution in [2.75, 3.05) is 18.0 Å². The van der Waals surface area contributed by atoms with E-state index in [9.17, 15) is 10.1 Å². The molecule has 104 valence electrons. The van der Waals surface area contributed by atoms with Crippen molar-refractivity contribution in [1.29, 1.82) is 5.26 Å². The summed E-state index contributed by atoms with van der Waals surface area (Å²) in [4.78, 5) is 17.6. The highest BCUT2D eigenvalue weighted by Gasteiger charge is 2.36. The van der Waals surface area contributed by atoms with Crippen LogP contribution in [0.15, 0.2) is 6.07 Å². The highest BCUT2D eigenvalue weighted by atomic mass is 16.4. The van der Waals surface area contributed by atoms with Crippen molar-refractivity contribution < 1.29 is 9.90 Å². The Bertz CT molecular complexity index is 600. The summed E-state index contributed by atoms with van der Waals surface area (Å²) < 4.78 is 0. The maximum absolute atomic E-state index is 11.0. The third-order valence-corrected chi connectivity index (χ3v) is 4.46. The van der Waals surface area contributed by atoms with Gasteiger partial charge in [0.05, 0.1) is 11.5 Å². The Morgan fingerprint density at radius 1 is 1.55 bits per heavy atom. The second-order valence-electron chi connectivity index (χ2n) is 5.72. The van der Waals surface area contributed by atoms with E-state index in [2.05, 4.69) is 11.1 Å². The molecular weight excluding hydrogens is 254 g/mol. The van der Waals surface area contributed by atoms with E-state index < -0.39 is 5.97 Å². The molecule has 5 heteroatoms. The van der Waals surface area contributed by atoms with E-state index in [1.165, 1.54) is 5.56 Å². The number of carboxylic acids is 1. The average molecular weight is 271 g/mol. The minimum Gasteiger partial charge on any atom is -0.481 e. The highest BCUT2D eigenvalue weighted by molar-refractivity contribution is 5.71. The molecule has 1 atom stereocenters. The maximum atomic E-state index is 11.0. The van der Waals surface area contributed by atoms with E-state index in [1.807, 2.05) is 11.0 Å². The number of aliphatic carboxylic acids is 1. The molecule has 0 radical (unpaired) electrons. The Labute approximate surface area is 117 Å². The van der Waals surface area contributed by atoms with Crippen molar-refractivity contribution in [2.45, 2.75) is 26.2 Å². The molecule has 2 aliphatic rings. The monoisotopic (exact) mass is 271 g/mol. The standard InChI is InChI=1S/C15H17N3O2/c1-9(15(19)20)12-7-18(8-12)14-11(6-16)5-10-3-2-4-13(10)17-14/h5,9,12H,2-4,7-8H2,1H3,(H,19,20). The smallest absolute Gasteiger partial charge is 0.306 e. The van der Waals surface area contributed by atoms with Crippen molar-refractivity contribution in [2.24, 2.45) is 11.8 Å². The molecule has 0 saturated carbocycles. The third kappa shape index (κ3) is 2.01. The van der Waals surface area contributed by atoms with Crippen LogP contribution in [0.1, 0.15) is 30.2 Å². The second-order valence-corrected chi connectivity index (χ2v) is 5.72. The molecular formula is C15H17N3O2. The lowest BCUT2D eigenvalue weighted by molar-refractivity contribution is -0.143. The minimum atomic E-state index is -0.753. The Morgan fingerprint density at radius 2 is 2.30 bits per heavy atom. The van der Waals surface area contributed by atoms with E-state index >= 15 is 0 Å². The van der Waals surface area contributed by atoms with E-state index in [-0.39, 0.29) is 11.8 Å². The van der Waals surface area contributed by atoms with Gasteiger partial charge in [0.1, 0.15) is 11.9 Å². The Hall–Kier alpha value is -2.09. The molecule has 3 rings (SSSR count). The van der Waals surface area contributed by atoms with Crippen LogP contribution in [-0.4, -0.2) is 29.1 Å². The quantitative estimate of drug-likeness (QED) is 0.903. The van der Waals surface area contributed by atoms with Crippen LogP contribution in [0.25, 0.3) is 0 Å². The molecule has 0 spiro atoms. The number of anilines is 1. The molecule has 1 aliphatic heterocycles. The van der Waals surface area contributed by atoms with Gasteiger partial charge in [-0.15, -0.1) is 0 Å². The second kappa shape index (κ2) is 4.78. The van der Waals surface area contributed by atoms with Gasteiger partial charge in [-0.25, -0.2) is 4.98 Å². The Balaban J connectivity index is 1.80. The Kier molecular flexibility index (Phi) is 3.09. The number of fused-ring (bicyclic) bond motifs is 1. The van der Waals surface area contributed by atoms with Crippen LogP contribution in [0.5, 0.6) is 0 Å². The molecule has 1 aromatic heterocycles. The topological polar surface area (TPSA) is 77.2 Å². The molecule has 0 bridgehead atoms. The van der Waals surface area contributed by atoms with Crippen molar-refractivity contribution in [3.63, 3.8) is 0 Å². The van der Waals surface area contributed by atoms with Crippen LogP contribution < -0.4 is 4.90 Å². The number of aryl methyl sites for hydroxylation is 2. The highest BCUT2D eigenvalue weighted by Crippen LogP contribution is 2.33. The minimum absolute atomic E-state index is 0.147. The van der Waals surface area contributed by atoms with Gasteiger partial charge in [-0.05, 0) is 30.9 Å². The van der Waals surface area contributed by atoms with Gasteiger partial charge in [0.25, 0.3) is 0 Å².